The van der Waals surface area contributed by atoms with Gasteiger partial charge in [0.25, 0.3) is 5.82 Å². The van der Waals surface area contributed by atoms with E-state index in [2.05, 4.69) is 92.2 Å². The van der Waals surface area contributed by atoms with E-state index in [0.29, 0.717) is 0 Å². The Labute approximate surface area is 160 Å². The molecule has 0 spiro atoms. The van der Waals surface area contributed by atoms with Gasteiger partial charge in [0.2, 0.25) is 0 Å². The van der Waals surface area contributed by atoms with Crippen LogP contribution >= 0.6 is 0 Å². The molecule has 0 unspecified atom stereocenters. The van der Waals surface area contributed by atoms with Crippen molar-refractivity contribution in [2.24, 2.45) is 7.05 Å². The summed E-state index contributed by atoms with van der Waals surface area (Å²) in [7, 11) is 2.16. The average Bonchev–Trinajstić information content (AvgIpc) is 2.88. The van der Waals surface area contributed by atoms with Crippen molar-refractivity contribution in [1.82, 2.24) is 9.55 Å². The number of hydrogen-bond donors (Lipinski definition) is 0. The summed E-state index contributed by atoms with van der Waals surface area (Å²) in [6.45, 7) is 10.9. The number of aromatic nitrogens is 3. The first kappa shape index (κ1) is 17.5. The summed E-state index contributed by atoms with van der Waals surface area (Å²) >= 11 is 0. The molecular weight excluding hydrogens is 330 g/mol. The van der Waals surface area contributed by atoms with Crippen molar-refractivity contribution in [3.63, 3.8) is 0 Å². The van der Waals surface area contributed by atoms with Gasteiger partial charge in [-0.05, 0) is 80.6 Å². The van der Waals surface area contributed by atoms with Gasteiger partial charge in [-0.2, -0.15) is 4.57 Å². The molecule has 0 saturated carbocycles. The predicted octanol–water partition coefficient (Wildman–Crippen LogP) is 5.06. The first-order chi connectivity index (χ1) is 12.9. The quantitative estimate of drug-likeness (QED) is 0.460. The van der Waals surface area contributed by atoms with Crippen LogP contribution in [0.4, 0.5) is 0 Å². The Hall–Kier alpha value is -2.94. The summed E-state index contributed by atoms with van der Waals surface area (Å²) in [5.74, 6) is 1.16. The summed E-state index contributed by atoms with van der Waals surface area (Å²) < 4.78 is 4.72. The molecule has 27 heavy (non-hydrogen) atoms. The van der Waals surface area contributed by atoms with E-state index in [9.17, 15) is 0 Å². The van der Waals surface area contributed by atoms with E-state index in [1.807, 2.05) is 12.4 Å². The lowest BCUT2D eigenvalue weighted by atomic mass is 10.1. The van der Waals surface area contributed by atoms with Crippen molar-refractivity contribution in [3.05, 3.63) is 76.6 Å². The van der Waals surface area contributed by atoms with Gasteiger partial charge in [-0.1, -0.05) is 18.2 Å². The molecule has 2 heterocycles. The fourth-order valence-corrected chi connectivity index (χ4v) is 4.00. The molecule has 136 valence electrons. The van der Waals surface area contributed by atoms with Crippen molar-refractivity contribution in [3.8, 4) is 17.1 Å². The lowest BCUT2D eigenvalue weighted by molar-refractivity contribution is -0.633. The van der Waals surface area contributed by atoms with Crippen molar-refractivity contribution in [1.29, 1.82) is 0 Å². The molecule has 4 rings (SSSR count). The molecular formula is C24H26N3+. The molecule has 0 N–H and O–H groups in total. The van der Waals surface area contributed by atoms with Gasteiger partial charge in [0.05, 0.1) is 12.6 Å². The van der Waals surface area contributed by atoms with E-state index in [1.165, 1.54) is 44.5 Å². The van der Waals surface area contributed by atoms with Crippen molar-refractivity contribution in [2.45, 2.75) is 34.6 Å². The maximum absolute atomic E-state index is 4.42. The maximum atomic E-state index is 4.42. The molecule has 0 radical (unpaired) electrons. The number of imidazole rings is 1. The molecule has 2 aromatic heterocycles. The Morgan fingerprint density at radius 2 is 1.48 bits per heavy atom. The van der Waals surface area contributed by atoms with Gasteiger partial charge >= 0.3 is 0 Å². The van der Waals surface area contributed by atoms with Crippen LogP contribution in [0.25, 0.3) is 28.1 Å². The minimum absolute atomic E-state index is 1.16. The van der Waals surface area contributed by atoms with Crippen molar-refractivity contribution < 1.29 is 4.57 Å². The molecule has 0 atom stereocenters. The third kappa shape index (κ3) is 2.66. The van der Waals surface area contributed by atoms with E-state index < -0.39 is 0 Å². The first-order valence-corrected chi connectivity index (χ1v) is 9.39. The highest BCUT2D eigenvalue weighted by Gasteiger charge is 2.29. The lowest BCUT2D eigenvalue weighted by Gasteiger charge is -2.10. The van der Waals surface area contributed by atoms with Crippen molar-refractivity contribution in [2.75, 3.05) is 0 Å². The zero-order chi connectivity index (χ0) is 19.3. The van der Waals surface area contributed by atoms with Crippen LogP contribution in [-0.4, -0.2) is 9.55 Å². The molecule has 0 fully saturated rings. The largest absolute Gasteiger partial charge is 0.296 e. The number of pyridine rings is 1. The summed E-state index contributed by atoms with van der Waals surface area (Å²) in [4.78, 5) is 4.42. The van der Waals surface area contributed by atoms with Crippen LogP contribution in [0.2, 0.25) is 0 Å². The van der Waals surface area contributed by atoms with Gasteiger partial charge in [-0.15, -0.1) is 0 Å². The van der Waals surface area contributed by atoms with Gasteiger partial charge < -0.3 is 0 Å². The van der Waals surface area contributed by atoms with Crippen LogP contribution in [0.15, 0.2) is 48.8 Å². The van der Waals surface area contributed by atoms with E-state index in [-0.39, 0.29) is 0 Å². The normalized spacial score (nSPS) is 11.3. The lowest BCUT2D eigenvalue weighted by Crippen LogP contribution is -2.30. The monoisotopic (exact) mass is 356 g/mol. The number of fused-ring (bicyclic) bond motifs is 1. The number of benzene rings is 2. The molecule has 0 amide bonds. The Morgan fingerprint density at radius 1 is 0.815 bits per heavy atom. The van der Waals surface area contributed by atoms with E-state index in [4.69, 9.17) is 0 Å². The Kier molecular flexibility index (Phi) is 4.11. The fraction of sp³-hybridized carbons (Fsp3) is 0.250. The molecule has 3 heteroatoms. The number of para-hydroxylation sites is 1. The molecule has 0 saturated heterocycles. The van der Waals surface area contributed by atoms with Crippen molar-refractivity contribution >= 4 is 11.0 Å². The van der Waals surface area contributed by atoms with E-state index in [1.54, 1.807) is 0 Å². The van der Waals surface area contributed by atoms with Crippen LogP contribution in [0.3, 0.4) is 0 Å². The minimum atomic E-state index is 1.16. The Morgan fingerprint density at radius 3 is 2.15 bits per heavy atom. The number of aryl methyl sites for hydroxylation is 6. The highest BCUT2D eigenvalue weighted by molar-refractivity contribution is 5.81. The topological polar surface area (TPSA) is 21.7 Å². The van der Waals surface area contributed by atoms with Crippen LogP contribution < -0.4 is 4.57 Å². The second-order valence-corrected chi connectivity index (χ2v) is 7.57. The van der Waals surface area contributed by atoms with Gasteiger partial charge in [0, 0.05) is 12.4 Å². The van der Waals surface area contributed by atoms with E-state index >= 15 is 0 Å². The standard InChI is InChI=1S/C24H26N3/c1-15-10-11-25-14-20(15)24-26(6)21-12-18(4)19(5)13-22(21)27(24)23-16(2)8-7-9-17(23)3/h7-14H,1-6H3/q+1. The second-order valence-electron chi connectivity index (χ2n) is 7.57. The van der Waals surface area contributed by atoms with Crippen LogP contribution in [0.5, 0.6) is 0 Å². The molecule has 0 bridgehead atoms. The molecule has 0 aliphatic rings. The maximum Gasteiger partial charge on any atom is 0.296 e. The Balaban J connectivity index is 2.24. The zero-order valence-corrected chi connectivity index (χ0v) is 17.0. The first-order valence-electron chi connectivity index (χ1n) is 9.39. The Bertz CT molecular complexity index is 1160. The molecule has 4 aromatic rings. The molecule has 2 aromatic carbocycles. The predicted molar refractivity (Wildman–Crippen MR) is 111 cm³/mol. The fourth-order valence-electron chi connectivity index (χ4n) is 4.00. The summed E-state index contributed by atoms with van der Waals surface area (Å²) in [6, 6.07) is 13.2. The van der Waals surface area contributed by atoms with Crippen LogP contribution in [0, 0.1) is 34.6 Å². The molecule has 0 aliphatic heterocycles. The number of rotatable bonds is 2. The third-order valence-corrected chi connectivity index (χ3v) is 5.67. The number of nitrogens with zero attached hydrogens (tertiary/aromatic N) is 3. The molecule has 0 aliphatic carbocycles. The third-order valence-electron chi connectivity index (χ3n) is 5.67. The van der Waals surface area contributed by atoms with Crippen LogP contribution in [-0.2, 0) is 7.05 Å². The highest BCUT2D eigenvalue weighted by atomic mass is 15.2. The van der Waals surface area contributed by atoms with Crippen LogP contribution in [0.1, 0.15) is 27.8 Å². The van der Waals surface area contributed by atoms with E-state index in [0.717, 1.165) is 11.4 Å². The highest BCUT2D eigenvalue weighted by Crippen LogP contribution is 2.32. The van der Waals surface area contributed by atoms with Gasteiger partial charge in [-0.25, -0.2) is 4.57 Å². The number of hydrogen-bond acceptors (Lipinski definition) is 1. The second kappa shape index (κ2) is 6.34. The smallest absolute Gasteiger partial charge is 0.264 e. The summed E-state index contributed by atoms with van der Waals surface area (Å²) in [5.41, 5.74) is 11.3. The average molecular weight is 356 g/mol. The molecule has 3 nitrogen and oxygen atoms in total. The zero-order valence-electron chi connectivity index (χ0n) is 17.0. The summed E-state index contributed by atoms with van der Waals surface area (Å²) in [5, 5.41) is 0. The SMILES string of the molecule is Cc1cc2c(cc1C)[n+](C)c(-c1cnccc1C)n2-c1c(C)cccc1C. The summed E-state index contributed by atoms with van der Waals surface area (Å²) in [6.07, 6.45) is 3.84. The van der Waals surface area contributed by atoms with Gasteiger partial charge in [0.1, 0.15) is 5.69 Å². The minimum Gasteiger partial charge on any atom is -0.264 e. The van der Waals surface area contributed by atoms with Gasteiger partial charge in [-0.3, -0.25) is 4.98 Å². The van der Waals surface area contributed by atoms with Gasteiger partial charge in [0.15, 0.2) is 11.0 Å².